The summed E-state index contributed by atoms with van der Waals surface area (Å²) in [6.45, 7) is 11.4. The maximum Gasteiger partial charge on any atom is 0.184 e. The van der Waals surface area contributed by atoms with Gasteiger partial charge >= 0.3 is 0 Å². The van der Waals surface area contributed by atoms with E-state index in [0.717, 1.165) is 0 Å². The van der Waals surface area contributed by atoms with Crippen LogP contribution in [0.3, 0.4) is 0 Å². The van der Waals surface area contributed by atoms with Crippen molar-refractivity contribution in [1.82, 2.24) is 0 Å². The van der Waals surface area contributed by atoms with Crippen molar-refractivity contribution in [2.24, 2.45) is 0 Å². The molecule has 0 radical (unpaired) electrons. The lowest BCUT2D eigenvalue weighted by molar-refractivity contribution is 0.184. The lowest BCUT2D eigenvalue weighted by Gasteiger charge is -2.39. The molecule has 112 valence electrons. The van der Waals surface area contributed by atoms with Gasteiger partial charge in [-0.25, -0.2) is 0 Å². The molecular formula is C18H26OSi2. The van der Waals surface area contributed by atoms with Crippen LogP contribution in [-0.4, -0.2) is 22.3 Å². The molecule has 0 saturated heterocycles. The molecular weight excluding hydrogens is 288 g/mol. The number of rotatable bonds is 5. The van der Waals surface area contributed by atoms with E-state index in [2.05, 4.69) is 94.2 Å². The molecule has 0 fully saturated rings. The molecule has 2 rings (SSSR count). The van der Waals surface area contributed by atoms with E-state index in [4.69, 9.17) is 4.43 Å². The van der Waals surface area contributed by atoms with E-state index < -0.39 is 17.1 Å². The predicted octanol–water partition coefficient (Wildman–Crippen LogP) is 3.20. The van der Waals surface area contributed by atoms with Crippen LogP contribution < -0.4 is 10.4 Å². The highest BCUT2D eigenvalue weighted by molar-refractivity contribution is 6.88. The Morgan fingerprint density at radius 2 is 1.14 bits per heavy atom. The third-order valence-corrected chi connectivity index (χ3v) is 8.52. The first kappa shape index (κ1) is 16.2. The van der Waals surface area contributed by atoms with Crippen molar-refractivity contribution < 1.29 is 4.43 Å². The highest BCUT2D eigenvalue weighted by Gasteiger charge is 2.38. The van der Waals surface area contributed by atoms with Crippen LogP contribution in [0, 0.1) is 0 Å². The highest BCUT2D eigenvalue weighted by Crippen LogP contribution is 2.20. The van der Waals surface area contributed by atoms with Crippen molar-refractivity contribution in [3.8, 4) is 0 Å². The fourth-order valence-corrected chi connectivity index (χ4v) is 9.45. The van der Waals surface area contributed by atoms with Gasteiger partial charge in [-0.1, -0.05) is 71.0 Å². The largest absolute Gasteiger partial charge is 0.415 e. The molecule has 0 amide bonds. The molecule has 2 aromatic carbocycles. The summed E-state index contributed by atoms with van der Waals surface area (Å²) in [6, 6.07) is 21.8. The van der Waals surface area contributed by atoms with Gasteiger partial charge in [0.15, 0.2) is 8.32 Å². The molecule has 0 heterocycles. The van der Waals surface area contributed by atoms with Gasteiger partial charge in [0, 0.05) is 5.22 Å². The van der Waals surface area contributed by atoms with Crippen molar-refractivity contribution in [3.63, 3.8) is 0 Å². The van der Waals surface area contributed by atoms with Crippen molar-refractivity contribution >= 4 is 27.5 Å². The van der Waals surface area contributed by atoms with E-state index in [1.54, 1.807) is 0 Å². The Bertz CT molecular complexity index is 519. The Hall–Kier alpha value is -1.17. The molecule has 0 aliphatic heterocycles. The summed E-state index contributed by atoms with van der Waals surface area (Å²) in [5, 5.41) is 2.81. The standard InChI is InChI=1S/C18H26OSi2/c1-18(2,19-21(3,4)5)20(16-12-8-6-9-13-16)17-14-10-7-11-15-17/h6-15,20H,1-5H3. The molecule has 0 bridgehead atoms. The van der Waals surface area contributed by atoms with Crippen LogP contribution in [0.15, 0.2) is 60.7 Å². The summed E-state index contributed by atoms with van der Waals surface area (Å²) in [4.78, 5) is 0. The monoisotopic (exact) mass is 314 g/mol. The molecule has 1 nitrogen and oxygen atoms in total. The van der Waals surface area contributed by atoms with Crippen LogP contribution in [0.25, 0.3) is 0 Å². The van der Waals surface area contributed by atoms with E-state index >= 15 is 0 Å². The van der Waals surface area contributed by atoms with Crippen LogP contribution in [0.4, 0.5) is 0 Å². The minimum atomic E-state index is -1.59. The summed E-state index contributed by atoms with van der Waals surface area (Å²) in [6.07, 6.45) is 0. The van der Waals surface area contributed by atoms with Crippen LogP contribution in [0.5, 0.6) is 0 Å². The van der Waals surface area contributed by atoms with E-state index in [-0.39, 0.29) is 5.22 Å². The van der Waals surface area contributed by atoms with Crippen molar-refractivity contribution in [3.05, 3.63) is 60.7 Å². The lowest BCUT2D eigenvalue weighted by Crippen LogP contribution is -2.61. The fourth-order valence-electron chi connectivity index (χ4n) is 3.13. The second-order valence-corrected chi connectivity index (χ2v) is 15.1. The van der Waals surface area contributed by atoms with Crippen molar-refractivity contribution in [2.75, 3.05) is 0 Å². The molecule has 0 aromatic heterocycles. The lowest BCUT2D eigenvalue weighted by atomic mass is 10.4. The second kappa shape index (κ2) is 6.30. The molecule has 0 aliphatic carbocycles. The van der Waals surface area contributed by atoms with Gasteiger partial charge in [0.25, 0.3) is 0 Å². The number of benzene rings is 2. The Morgan fingerprint density at radius 1 is 0.762 bits per heavy atom. The Kier molecular flexibility index (Phi) is 4.86. The SMILES string of the molecule is CC(C)(O[Si](C)(C)C)[SiH](c1ccccc1)c1ccccc1. The van der Waals surface area contributed by atoms with Crippen LogP contribution in [-0.2, 0) is 4.43 Å². The van der Waals surface area contributed by atoms with Gasteiger partial charge in [0.1, 0.15) is 8.80 Å². The van der Waals surface area contributed by atoms with Crippen LogP contribution in [0.1, 0.15) is 13.8 Å². The van der Waals surface area contributed by atoms with Gasteiger partial charge < -0.3 is 4.43 Å². The zero-order chi connectivity index (χ0) is 15.5. The molecule has 3 heteroatoms. The summed E-state index contributed by atoms with van der Waals surface area (Å²) in [5.41, 5.74) is 0. The zero-order valence-corrected chi connectivity index (χ0v) is 15.9. The maximum absolute atomic E-state index is 6.60. The third kappa shape index (κ3) is 4.40. The van der Waals surface area contributed by atoms with Crippen molar-refractivity contribution in [2.45, 2.75) is 38.7 Å². The van der Waals surface area contributed by atoms with Gasteiger partial charge in [0.05, 0.1) is 0 Å². The van der Waals surface area contributed by atoms with Gasteiger partial charge in [-0.05, 0) is 33.5 Å². The summed E-state index contributed by atoms with van der Waals surface area (Å²) in [7, 11) is -3.03. The number of hydrogen-bond donors (Lipinski definition) is 0. The van der Waals surface area contributed by atoms with E-state index in [0.29, 0.717) is 0 Å². The van der Waals surface area contributed by atoms with Crippen LogP contribution >= 0.6 is 0 Å². The third-order valence-electron chi connectivity index (χ3n) is 3.53. The first-order chi connectivity index (χ1) is 9.80. The van der Waals surface area contributed by atoms with Crippen LogP contribution in [0.2, 0.25) is 19.6 Å². The minimum absolute atomic E-state index is 0.0901. The molecule has 0 atom stereocenters. The number of hydrogen-bond acceptors (Lipinski definition) is 1. The van der Waals surface area contributed by atoms with Gasteiger partial charge in [-0.3, -0.25) is 0 Å². The van der Waals surface area contributed by atoms with Gasteiger partial charge in [-0.2, -0.15) is 0 Å². The molecule has 2 aromatic rings. The zero-order valence-electron chi connectivity index (χ0n) is 13.8. The predicted molar refractivity (Wildman–Crippen MR) is 97.8 cm³/mol. The van der Waals surface area contributed by atoms with Gasteiger partial charge in [-0.15, -0.1) is 0 Å². The molecule has 0 N–H and O–H groups in total. The summed E-state index contributed by atoms with van der Waals surface area (Å²) < 4.78 is 6.60. The van der Waals surface area contributed by atoms with E-state index in [1.807, 2.05) is 0 Å². The quantitative estimate of drug-likeness (QED) is 0.770. The molecule has 21 heavy (non-hydrogen) atoms. The topological polar surface area (TPSA) is 9.23 Å². The normalized spacial score (nSPS) is 12.7. The van der Waals surface area contributed by atoms with E-state index in [1.165, 1.54) is 10.4 Å². The fraction of sp³-hybridized carbons (Fsp3) is 0.333. The first-order valence-corrected chi connectivity index (χ1v) is 12.7. The van der Waals surface area contributed by atoms with E-state index in [9.17, 15) is 0 Å². The molecule has 0 aliphatic rings. The second-order valence-electron chi connectivity index (χ2n) is 7.07. The molecule has 0 saturated carbocycles. The first-order valence-electron chi connectivity index (χ1n) is 7.60. The Morgan fingerprint density at radius 3 is 1.48 bits per heavy atom. The average molecular weight is 315 g/mol. The smallest absolute Gasteiger partial charge is 0.184 e. The molecule has 0 unspecified atom stereocenters. The Balaban J connectivity index is 2.47. The highest BCUT2D eigenvalue weighted by atomic mass is 28.4. The summed E-state index contributed by atoms with van der Waals surface area (Å²) >= 11 is 0. The Labute approximate surface area is 131 Å². The van der Waals surface area contributed by atoms with Gasteiger partial charge in [0.2, 0.25) is 0 Å². The average Bonchev–Trinajstić information content (AvgIpc) is 2.38. The minimum Gasteiger partial charge on any atom is -0.415 e. The maximum atomic E-state index is 6.60. The molecule has 0 spiro atoms. The summed E-state index contributed by atoms with van der Waals surface area (Å²) in [5.74, 6) is 0. The van der Waals surface area contributed by atoms with Crippen molar-refractivity contribution in [1.29, 1.82) is 0 Å².